The summed E-state index contributed by atoms with van der Waals surface area (Å²) < 4.78 is 0. The molecule has 0 aromatic heterocycles. The Kier molecular flexibility index (Phi) is 3.02. The number of thiol groups is 2. The maximum Gasteiger partial charge on any atom is 0.132 e. The zero-order valence-corrected chi connectivity index (χ0v) is 4.73. The van der Waals surface area contributed by atoms with Crippen LogP contribution in [-0.2, 0) is 0 Å². The van der Waals surface area contributed by atoms with E-state index in [9.17, 15) is 0 Å². The summed E-state index contributed by atoms with van der Waals surface area (Å²) in [6.07, 6.45) is 0. The number of hydrogen-bond acceptors (Lipinski definition) is 4. The Morgan fingerprint density at radius 3 is 1.17 bits per heavy atom. The largest absolute Gasteiger partial charge is 0.379 e. The number of aliphatic hydroxyl groups is 2. The highest BCUT2D eigenvalue weighted by molar-refractivity contribution is 7.84. The quantitative estimate of drug-likeness (QED) is 0.282. The van der Waals surface area contributed by atoms with Crippen molar-refractivity contribution in [3.8, 4) is 0 Å². The molecule has 0 aliphatic carbocycles. The van der Waals surface area contributed by atoms with Gasteiger partial charge in [-0.25, -0.2) is 0 Å². The molecule has 2 atom stereocenters. The summed E-state index contributed by atoms with van der Waals surface area (Å²) in [6, 6.07) is 0. The third-order valence-electron chi connectivity index (χ3n) is 0.267. The van der Waals surface area contributed by atoms with Gasteiger partial charge in [0.2, 0.25) is 0 Å². The molecular formula is C2H6O2S2. The van der Waals surface area contributed by atoms with Crippen LogP contribution in [0.1, 0.15) is 0 Å². The molecule has 0 aliphatic heterocycles. The molecule has 0 heterocycles. The number of aliphatic hydroxyl groups excluding tert-OH is 2. The summed E-state index contributed by atoms with van der Waals surface area (Å²) in [5, 5.41) is 16.3. The topological polar surface area (TPSA) is 40.5 Å². The minimum Gasteiger partial charge on any atom is -0.379 e. The van der Waals surface area contributed by atoms with E-state index >= 15 is 0 Å². The number of rotatable bonds is 1. The molecule has 0 aliphatic rings. The van der Waals surface area contributed by atoms with Crippen LogP contribution in [0, 0.1) is 0 Å². The van der Waals surface area contributed by atoms with Crippen molar-refractivity contribution in [1.29, 1.82) is 0 Å². The molecular weight excluding hydrogens is 120 g/mol. The second kappa shape index (κ2) is 2.74. The smallest absolute Gasteiger partial charge is 0.132 e. The first kappa shape index (κ1) is 6.62. The van der Waals surface area contributed by atoms with Crippen LogP contribution < -0.4 is 0 Å². The third-order valence-corrected chi connectivity index (χ3v) is 1.07. The molecule has 0 saturated heterocycles. The fourth-order valence-electron chi connectivity index (χ4n) is 0. The maximum absolute atomic E-state index is 8.17. The molecule has 6 heavy (non-hydrogen) atoms. The van der Waals surface area contributed by atoms with Crippen molar-refractivity contribution in [3.05, 3.63) is 0 Å². The summed E-state index contributed by atoms with van der Waals surface area (Å²) in [4.78, 5) is 0. The van der Waals surface area contributed by atoms with E-state index in [1.165, 1.54) is 0 Å². The standard InChI is InChI=1S/C2H6O2S2/c3-1(5)2(4)6/h1-6H. The predicted octanol–water partition coefficient (Wildman–Crippen LogP) is -0.517. The molecule has 0 rings (SSSR count). The van der Waals surface area contributed by atoms with E-state index < -0.39 is 10.9 Å². The highest BCUT2D eigenvalue weighted by atomic mass is 32.1. The fourth-order valence-corrected chi connectivity index (χ4v) is 0. The monoisotopic (exact) mass is 126 g/mol. The van der Waals surface area contributed by atoms with Crippen LogP contribution in [0.15, 0.2) is 0 Å². The molecule has 0 bridgehead atoms. The van der Waals surface area contributed by atoms with Gasteiger partial charge in [-0.05, 0) is 0 Å². The lowest BCUT2D eigenvalue weighted by molar-refractivity contribution is 0.139. The van der Waals surface area contributed by atoms with Crippen LogP contribution in [0.5, 0.6) is 0 Å². The number of hydrogen-bond donors (Lipinski definition) is 4. The summed E-state index contributed by atoms with van der Waals surface area (Å²) in [5.41, 5.74) is -2.07. The molecule has 0 radical (unpaired) electrons. The Balaban J connectivity index is 2.99. The Labute approximate surface area is 47.0 Å². The Hall–Kier alpha value is 0.620. The van der Waals surface area contributed by atoms with E-state index in [2.05, 4.69) is 25.3 Å². The SMILES string of the molecule is OC(S)C(O)S. The summed E-state index contributed by atoms with van der Waals surface area (Å²) >= 11 is 6.84. The van der Waals surface area contributed by atoms with Crippen molar-refractivity contribution >= 4 is 25.3 Å². The van der Waals surface area contributed by atoms with Gasteiger partial charge in [-0.3, -0.25) is 0 Å². The average Bonchev–Trinajstić information content (AvgIpc) is 1.36. The van der Waals surface area contributed by atoms with E-state index in [1.807, 2.05) is 0 Å². The molecule has 0 aromatic rings. The van der Waals surface area contributed by atoms with Gasteiger partial charge >= 0.3 is 0 Å². The predicted molar refractivity (Wildman–Crippen MR) is 30.0 cm³/mol. The lowest BCUT2D eigenvalue weighted by atomic mass is 10.8. The zero-order valence-electron chi connectivity index (χ0n) is 2.94. The lowest BCUT2D eigenvalue weighted by Gasteiger charge is -2.01. The van der Waals surface area contributed by atoms with Gasteiger partial charge in [0.25, 0.3) is 0 Å². The third kappa shape index (κ3) is 2.84. The van der Waals surface area contributed by atoms with Crippen LogP contribution in [0.4, 0.5) is 0 Å². The molecule has 0 saturated carbocycles. The average molecular weight is 126 g/mol. The first-order chi connectivity index (χ1) is 2.64. The second-order valence-corrected chi connectivity index (χ2v) is 1.89. The van der Waals surface area contributed by atoms with Crippen molar-refractivity contribution in [2.75, 3.05) is 0 Å². The highest BCUT2D eigenvalue weighted by Crippen LogP contribution is 1.99. The van der Waals surface area contributed by atoms with E-state index in [1.54, 1.807) is 0 Å². The molecule has 0 amide bonds. The first-order valence-corrected chi connectivity index (χ1v) is 2.40. The van der Waals surface area contributed by atoms with Gasteiger partial charge in [0.15, 0.2) is 0 Å². The van der Waals surface area contributed by atoms with Crippen molar-refractivity contribution < 1.29 is 10.2 Å². The van der Waals surface area contributed by atoms with Crippen LogP contribution in [0.25, 0.3) is 0 Å². The van der Waals surface area contributed by atoms with Crippen molar-refractivity contribution in [2.24, 2.45) is 0 Å². The Bertz CT molecular complexity index is 30.5. The van der Waals surface area contributed by atoms with Gasteiger partial charge in [-0.15, -0.1) is 25.3 Å². The highest BCUT2D eigenvalue weighted by Gasteiger charge is 2.02. The molecule has 0 aromatic carbocycles. The van der Waals surface area contributed by atoms with Gasteiger partial charge in [-0.2, -0.15) is 0 Å². The summed E-state index contributed by atoms with van der Waals surface area (Å²) in [7, 11) is 0. The minimum absolute atomic E-state index is 1.03. The van der Waals surface area contributed by atoms with Gasteiger partial charge in [0.05, 0.1) is 0 Å². The van der Waals surface area contributed by atoms with E-state index in [-0.39, 0.29) is 0 Å². The van der Waals surface area contributed by atoms with Crippen LogP contribution in [-0.4, -0.2) is 21.1 Å². The van der Waals surface area contributed by atoms with Crippen molar-refractivity contribution in [3.63, 3.8) is 0 Å². The normalized spacial score (nSPS) is 20.0. The van der Waals surface area contributed by atoms with Gasteiger partial charge < -0.3 is 10.2 Å². The molecule has 2 nitrogen and oxygen atoms in total. The Morgan fingerprint density at radius 1 is 1.00 bits per heavy atom. The lowest BCUT2D eigenvalue weighted by Crippen LogP contribution is -2.11. The molecule has 38 valence electrons. The minimum atomic E-state index is -1.03. The fraction of sp³-hybridized carbons (Fsp3) is 1.00. The van der Waals surface area contributed by atoms with Crippen LogP contribution in [0.2, 0.25) is 0 Å². The zero-order chi connectivity index (χ0) is 5.15. The Morgan fingerprint density at radius 2 is 1.17 bits per heavy atom. The molecule has 2 N–H and O–H groups in total. The van der Waals surface area contributed by atoms with E-state index in [0.29, 0.717) is 0 Å². The van der Waals surface area contributed by atoms with Gasteiger partial charge in [-0.1, -0.05) is 0 Å². The van der Waals surface area contributed by atoms with Crippen LogP contribution in [0.3, 0.4) is 0 Å². The molecule has 2 unspecified atom stereocenters. The summed E-state index contributed by atoms with van der Waals surface area (Å²) in [6.45, 7) is 0. The van der Waals surface area contributed by atoms with Crippen molar-refractivity contribution in [2.45, 2.75) is 10.9 Å². The van der Waals surface area contributed by atoms with Crippen molar-refractivity contribution in [1.82, 2.24) is 0 Å². The molecule has 4 heteroatoms. The first-order valence-electron chi connectivity index (χ1n) is 1.37. The van der Waals surface area contributed by atoms with E-state index in [0.717, 1.165) is 0 Å². The van der Waals surface area contributed by atoms with E-state index in [4.69, 9.17) is 10.2 Å². The molecule has 0 spiro atoms. The van der Waals surface area contributed by atoms with Crippen LogP contribution >= 0.6 is 25.3 Å². The van der Waals surface area contributed by atoms with Gasteiger partial charge in [0.1, 0.15) is 10.9 Å². The molecule has 0 fully saturated rings. The summed E-state index contributed by atoms with van der Waals surface area (Å²) in [5.74, 6) is 0. The van der Waals surface area contributed by atoms with Gasteiger partial charge in [0, 0.05) is 0 Å². The maximum atomic E-state index is 8.17. The second-order valence-electron chi connectivity index (χ2n) is 0.827.